The summed E-state index contributed by atoms with van der Waals surface area (Å²) in [6, 6.07) is 7.60. The van der Waals surface area contributed by atoms with Gasteiger partial charge in [0.1, 0.15) is 5.03 Å². The molecule has 3 rings (SSSR count). The summed E-state index contributed by atoms with van der Waals surface area (Å²) in [4.78, 5) is 48.2. The van der Waals surface area contributed by atoms with E-state index in [0.29, 0.717) is 5.69 Å². The number of thioether (sulfide) groups is 1. The van der Waals surface area contributed by atoms with Gasteiger partial charge in [0, 0.05) is 0 Å². The molecule has 0 bridgehead atoms. The van der Waals surface area contributed by atoms with Crippen LogP contribution in [0.5, 0.6) is 0 Å². The molecule has 2 aliphatic heterocycles. The number of amides is 5. The van der Waals surface area contributed by atoms with Gasteiger partial charge in [-0.2, -0.15) is 0 Å². The molecule has 0 aromatic heterocycles. The van der Waals surface area contributed by atoms with Crippen molar-refractivity contribution >= 4 is 52.8 Å². The van der Waals surface area contributed by atoms with Gasteiger partial charge in [-0.3, -0.25) is 25.1 Å². The number of rotatable bonds is 3. The summed E-state index contributed by atoms with van der Waals surface area (Å²) in [6.45, 7) is 0. The Hall–Kier alpha value is -2.36. The Labute approximate surface area is 139 Å². The van der Waals surface area contributed by atoms with E-state index in [-0.39, 0.29) is 9.94 Å². The fourth-order valence-corrected chi connectivity index (χ4v) is 3.20. The second-order valence-corrected chi connectivity index (χ2v) is 6.00. The molecule has 1 saturated heterocycles. The van der Waals surface area contributed by atoms with Crippen molar-refractivity contribution in [3.05, 3.63) is 40.3 Å². The molecule has 1 unspecified atom stereocenters. The third-order valence-corrected chi connectivity index (χ3v) is 4.67. The largest absolute Gasteiger partial charge is 0.335 e. The van der Waals surface area contributed by atoms with Crippen LogP contribution >= 0.6 is 23.4 Å². The van der Waals surface area contributed by atoms with E-state index < -0.39 is 29.1 Å². The van der Waals surface area contributed by atoms with Crippen LogP contribution in [0.1, 0.15) is 0 Å². The molecule has 0 radical (unpaired) electrons. The minimum atomic E-state index is -0.982. The second kappa shape index (κ2) is 6.03. The number of para-hydroxylation sites is 1. The maximum absolute atomic E-state index is 12.5. The molecule has 3 N–H and O–H groups in total. The van der Waals surface area contributed by atoms with Crippen molar-refractivity contribution in [3.63, 3.8) is 0 Å². The van der Waals surface area contributed by atoms with Crippen molar-refractivity contribution in [2.75, 3.05) is 4.90 Å². The van der Waals surface area contributed by atoms with E-state index in [2.05, 4.69) is 10.9 Å². The lowest BCUT2D eigenvalue weighted by Crippen LogP contribution is -2.61. The molecule has 2 heterocycles. The Morgan fingerprint density at radius 3 is 2.39 bits per heavy atom. The molecule has 2 aliphatic rings. The number of hydrogen-bond acceptors (Lipinski definition) is 6. The van der Waals surface area contributed by atoms with E-state index in [1.807, 2.05) is 5.32 Å². The number of carbonyl (C=O) groups is 4. The van der Waals surface area contributed by atoms with Crippen LogP contribution in [-0.2, 0) is 14.4 Å². The van der Waals surface area contributed by atoms with Crippen LogP contribution in [0.2, 0.25) is 0 Å². The van der Waals surface area contributed by atoms with Gasteiger partial charge in [-0.05, 0) is 12.1 Å². The summed E-state index contributed by atoms with van der Waals surface area (Å²) in [6.07, 6.45) is 0. The summed E-state index contributed by atoms with van der Waals surface area (Å²) in [7, 11) is 0. The Bertz CT molecular complexity index is 752. The van der Waals surface area contributed by atoms with Crippen molar-refractivity contribution < 1.29 is 19.2 Å². The standard InChI is InChI=1S/C13H9ClN4O4S/c14-7-8(23-10-9(19)15-13(22)17-16-10)12(21)18(11(7)20)6-4-2-1-3-5-6/h1-5,10,16H,(H2,15,17,19,22). The van der Waals surface area contributed by atoms with Crippen LogP contribution in [0, 0.1) is 0 Å². The lowest BCUT2D eigenvalue weighted by molar-refractivity contribution is -0.121. The highest BCUT2D eigenvalue weighted by atomic mass is 35.5. The zero-order chi connectivity index (χ0) is 16.6. The highest BCUT2D eigenvalue weighted by Gasteiger charge is 2.41. The maximum Gasteiger partial charge on any atom is 0.335 e. The van der Waals surface area contributed by atoms with E-state index in [0.717, 1.165) is 16.7 Å². The third-order valence-electron chi connectivity index (χ3n) is 3.03. The van der Waals surface area contributed by atoms with E-state index in [9.17, 15) is 19.2 Å². The summed E-state index contributed by atoms with van der Waals surface area (Å²) < 4.78 is 0. The van der Waals surface area contributed by atoms with Crippen molar-refractivity contribution in [2.45, 2.75) is 5.37 Å². The fraction of sp³-hybridized carbons (Fsp3) is 0.0769. The number of benzene rings is 1. The third kappa shape index (κ3) is 2.81. The monoisotopic (exact) mass is 352 g/mol. The number of imide groups is 2. The van der Waals surface area contributed by atoms with Crippen LogP contribution in [0.4, 0.5) is 10.5 Å². The molecule has 1 atom stereocenters. The first-order chi connectivity index (χ1) is 11.0. The maximum atomic E-state index is 12.5. The highest BCUT2D eigenvalue weighted by Crippen LogP contribution is 2.36. The Morgan fingerprint density at radius 1 is 1.04 bits per heavy atom. The SMILES string of the molecule is O=C1NNC(SC2=C(Cl)C(=O)N(c3ccccc3)C2=O)C(=O)N1. The molecule has 1 aromatic carbocycles. The normalized spacial score (nSPS) is 21.6. The van der Waals surface area contributed by atoms with Gasteiger partial charge in [0.2, 0.25) is 0 Å². The predicted molar refractivity (Wildman–Crippen MR) is 83.0 cm³/mol. The summed E-state index contributed by atoms with van der Waals surface area (Å²) in [5.41, 5.74) is 5.02. The minimum Gasteiger partial charge on any atom is -0.275 e. The second-order valence-electron chi connectivity index (χ2n) is 4.51. The molecule has 10 heteroatoms. The quantitative estimate of drug-likeness (QED) is 0.680. The summed E-state index contributed by atoms with van der Waals surface area (Å²) in [5.74, 6) is -1.93. The van der Waals surface area contributed by atoms with E-state index >= 15 is 0 Å². The van der Waals surface area contributed by atoms with Gasteiger partial charge < -0.3 is 0 Å². The van der Waals surface area contributed by atoms with E-state index in [4.69, 9.17) is 11.6 Å². The summed E-state index contributed by atoms with van der Waals surface area (Å²) in [5, 5.41) is 0.789. The molecule has 23 heavy (non-hydrogen) atoms. The van der Waals surface area contributed by atoms with Crippen LogP contribution in [0.15, 0.2) is 40.3 Å². The lowest BCUT2D eigenvalue weighted by atomic mass is 10.3. The van der Waals surface area contributed by atoms with E-state index in [1.54, 1.807) is 30.3 Å². The van der Waals surface area contributed by atoms with Gasteiger partial charge in [-0.15, -0.1) is 0 Å². The topological polar surface area (TPSA) is 108 Å². The average Bonchev–Trinajstić information content (AvgIpc) is 2.74. The fourth-order valence-electron chi connectivity index (χ4n) is 2.00. The van der Waals surface area contributed by atoms with E-state index in [1.165, 1.54) is 0 Å². The smallest absolute Gasteiger partial charge is 0.275 e. The Morgan fingerprint density at radius 2 is 1.74 bits per heavy atom. The molecule has 1 fully saturated rings. The van der Waals surface area contributed by atoms with Gasteiger partial charge in [-0.25, -0.2) is 15.1 Å². The van der Waals surface area contributed by atoms with Crippen LogP contribution < -0.4 is 21.1 Å². The number of hydrazine groups is 1. The lowest BCUT2D eigenvalue weighted by Gasteiger charge is -2.23. The van der Waals surface area contributed by atoms with Gasteiger partial charge >= 0.3 is 6.03 Å². The zero-order valence-corrected chi connectivity index (χ0v) is 12.9. The molecular weight excluding hydrogens is 344 g/mol. The number of carbonyl (C=O) groups excluding carboxylic acids is 4. The minimum absolute atomic E-state index is 0.0654. The highest BCUT2D eigenvalue weighted by molar-refractivity contribution is 8.05. The van der Waals surface area contributed by atoms with Crippen molar-refractivity contribution in [3.8, 4) is 0 Å². The van der Waals surface area contributed by atoms with Crippen LogP contribution in [0.25, 0.3) is 0 Å². The van der Waals surface area contributed by atoms with Gasteiger partial charge in [-0.1, -0.05) is 41.6 Å². The van der Waals surface area contributed by atoms with Gasteiger partial charge in [0.15, 0.2) is 5.37 Å². The molecule has 0 aliphatic carbocycles. The van der Waals surface area contributed by atoms with Gasteiger partial charge in [0.05, 0.1) is 10.6 Å². The Kier molecular flexibility index (Phi) is 4.07. The number of nitrogens with one attached hydrogen (secondary N) is 3. The molecule has 5 amide bonds. The molecule has 8 nitrogen and oxygen atoms in total. The first kappa shape index (κ1) is 15.5. The number of urea groups is 1. The number of halogens is 1. The first-order valence-corrected chi connectivity index (χ1v) is 7.61. The number of anilines is 1. The van der Waals surface area contributed by atoms with Gasteiger partial charge in [0.25, 0.3) is 17.7 Å². The molecular formula is C13H9ClN4O4S. The first-order valence-electron chi connectivity index (χ1n) is 6.35. The van der Waals surface area contributed by atoms with Crippen molar-refractivity contribution in [1.82, 2.24) is 16.2 Å². The zero-order valence-electron chi connectivity index (χ0n) is 11.3. The van der Waals surface area contributed by atoms with Crippen molar-refractivity contribution in [1.29, 1.82) is 0 Å². The average molecular weight is 353 g/mol. The predicted octanol–water partition coefficient (Wildman–Crippen LogP) is 0.414. The molecule has 1 aromatic rings. The molecule has 118 valence electrons. The van der Waals surface area contributed by atoms with Crippen LogP contribution in [0.3, 0.4) is 0 Å². The molecule has 0 saturated carbocycles. The van der Waals surface area contributed by atoms with Crippen molar-refractivity contribution in [2.24, 2.45) is 0 Å². The number of hydrogen-bond donors (Lipinski definition) is 3. The number of nitrogens with zero attached hydrogens (tertiary/aromatic N) is 1. The Balaban J connectivity index is 1.83. The summed E-state index contributed by atoms with van der Waals surface area (Å²) >= 11 is 6.72. The molecule has 0 spiro atoms. The van der Waals surface area contributed by atoms with Crippen LogP contribution in [-0.4, -0.2) is 29.1 Å².